The number of carbonyl (C=O) groups excluding carboxylic acids is 2. The summed E-state index contributed by atoms with van der Waals surface area (Å²) >= 11 is 1.43. The van der Waals surface area contributed by atoms with Crippen LogP contribution in [0.4, 0.5) is 0 Å². The minimum absolute atomic E-state index is 0.132. The first-order valence-electron chi connectivity index (χ1n) is 9.97. The van der Waals surface area contributed by atoms with Gasteiger partial charge in [-0.1, -0.05) is 23.9 Å². The van der Waals surface area contributed by atoms with Gasteiger partial charge in [0.2, 0.25) is 5.91 Å². The Morgan fingerprint density at radius 1 is 1.22 bits per heavy atom. The number of rotatable bonds is 7. The number of amidine groups is 1. The fourth-order valence-electron chi connectivity index (χ4n) is 3.67. The molecule has 9 heteroatoms. The van der Waals surface area contributed by atoms with Crippen LogP contribution in [0.3, 0.4) is 0 Å². The number of furan rings is 1. The summed E-state index contributed by atoms with van der Waals surface area (Å²) in [6.07, 6.45) is 1.70. The van der Waals surface area contributed by atoms with Crippen molar-refractivity contribution in [1.29, 1.82) is 0 Å². The van der Waals surface area contributed by atoms with Crippen LogP contribution in [0, 0.1) is 0 Å². The predicted octanol–water partition coefficient (Wildman–Crippen LogP) is 3.74. The summed E-state index contributed by atoms with van der Waals surface area (Å²) in [5, 5.41) is 5.47. The Bertz CT molecular complexity index is 1100. The minimum Gasteiger partial charge on any atom is -0.497 e. The zero-order valence-corrected chi connectivity index (χ0v) is 18.8. The molecule has 0 fully saturated rings. The van der Waals surface area contributed by atoms with Crippen LogP contribution in [0.5, 0.6) is 5.75 Å². The average Bonchev–Trinajstić information content (AvgIpc) is 3.46. The maximum absolute atomic E-state index is 12.7. The molecule has 0 unspecified atom stereocenters. The smallest absolute Gasteiger partial charge is 0.338 e. The molecule has 0 radical (unpaired) electrons. The number of hydrogen-bond acceptors (Lipinski definition) is 8. The summed E-state index contributed by atoms with van der Waals surface area (Å²) in [6, 6.07) is 10.6. The molecule has 4 rings (SSSR count). The number of hydrogen-bond donors (Lipinski definition) is 1. The van der Waals surface area contributed by atoms with E-state index in [-0.39, 0.29) is 12.3 Å². The fourth-order valence-corrected chi connectivity index (χ4v) is 4.63. The second-order valence-corrected chi connectivity index (χ2v) is 8.03. The van der Waals surface area contributed by atoms with Gasteiger partial charge in [0, 0.05) is 5.70 Å². The Kier molecular flexibility index (Phi) is 6.36. The van der Waals surface area contributed by atoms with Crippen molar-refractivity contribution >= 4 is 28.8 Å². The van der Waals surface area contributed by atoms with Gasteiger partial charge in [0.15, 0.2) is 5.17 Å². The van der Waals surface area contributed by atoms with Gasteiger partial charge >= 0.3 is 5.97 Å². The van der Waals surface area contributed by atoms with E-state index in [1.165, 1.54) is 18.9 Å². The molecule has 2 aromatic rings. The lowest BCUT2D eigenvalue weighted by Crippen LogP contribution is -2.37. The van der Waals surface area contributed by atoms with Crippen molar-refractivity contribution in [1.82, 2.24) is 10.2 Å². The molecular formula is C23H23N3O5S. The molecule has 1 amide bonds. The highest BCUT2D eigenvalue weighted by Crippen LogP contribution is 2.45. The topological polar surface area (TPSA) is 93.4 Å². The van der Waals surface area contributed by atoms with Gasteiger partial charge in [-0.3, -0.25) is 4.79 Å². The van der Waals surface area contributed by atoms with E-state index in [1.807, 2.05) is 34.6 Å². The first kappa shape index (κ1) is 21.8. The van der Waals surface area contributed by atoms with Crippen molar-refractivity contribution in [3.8, 4) is 5.75 Å². The molecule has 0 aliphatic carbocycles. The maximum Gasteiger partial charge on any atom is 0.338 e. The highest BCUT2D eigenvalue weighted by molar-refractivity contribution is 8.16. The Morgan fingerprint density at radius 2 is 2.00 bits per heavy atom. The van der Waals surface area contributed by atoms with Crippen molar-refractivity contribution < 1.29 is 23.5 Å². The number of fused-ring (bicyclic) bond motifs is 1. The van der Waals surface area contributed by atoms with Crippen LogP contribution < -0.4 is 10.1 Å². The third-order valence-corrected chi connectivity index (χ3v) is 6.11. The Balaban J connectivity index is 1.62. The lowest BCUT2D eigenvalue weighted by molar-refractivity contribution is -0.136. The first-order valence-corrected chi connectivity index (χ1v) is 10.9. The van der Waals surface area contributed by atoms with Crippen LogP contribution in [-0.2, 0) is 20.9 Å². The molecule has 0 bridgehead atoms. The first-order chi connectivity index (χ1) is 15.5. The van der Waals surface area contributed by atoms with Gasteiger partial charge in [-0.2, -0.15) is 0 Å². The van der Waals surface area contributed by atoms with Crippen LogP contribution in [0.15, 0.2) is 74.4 Å². The summed E-state index contributed by atoms with van der Waals surface area (Å²) in [5.41, 5.74) is 2.64. The van der Waals surface area contributed by atoms with Crippen molar-refractivity contribution in [3.63, 3.8) is 0 Å². The van der Waals surface area contributed by atoms with E-state index in [2.05, 4.69) is 10.3 Å². The molecule has 32 heavy (non-hydrogen) atoms. The van der Waals surface area contributed by atoms with Gasteiger partial charge in [0.05, 0.1) is 50.8 Å². The third-order valence-electron chi connectivity index (χ3n) is 5.22. The average molecular weight is 454 g/mol. The van der Waals surface area contributed by atoms with E-state index in [0.29, 0.717) is 34.5 Å². The van der Waals surface area contributed by atoms with Gasteiger partial charge in [-0.25, -0.2) is 9.79 Å². The van der Waals surface area contributed by atoms with Crippen molar-refractivity contribution in [2.24, 2.45) is 4.99 Å². The number of esters is 1. The third kappa shape index (κ3) is 4.29. The molecule has 1 aromatic heterocycles. The van der Waals surface area contributed by atoms with Crippen molar-refractivity contribution in [3.05, 3.63) is 76.4 Å². The molecule has 166 valence electrons. The molecule has 0 saturated carbocycles. The quantitative estimate of drug-likeness (QED) is 0.638. The fraction of sp³-hybridized carbons (Fsp3) is 0.261. The Labute approximate surface area is 190 Å². The number of nitrogens with one attached hydrogen (secondary N) is 1. The number of benzene rings is 1. The van der Waals surface area contributed by atoms with Crippen LogP contribution in [-0.4, -0.2) is 36.2 Å². The standard InChI is InChI=1S/C23H23N3O5S/c1-14-20(22(28)30-3)21(15-6-8-17(29-2)9-7-15)26-16(13-32-23(26)25-14)11-19(27)24-12-18-5-4-10-31-18/h4-10,13,21H,11-12H2,1-3H3,(H,24,27)/t21-/m1/s1. The molecule has 3 heterocycles. The number of amides is 1. The highest BCUT2D eigenvalue weighted by atomic mass is 32.2. The van der Waals surface area contributed by atoms with Crippen LogP contribution in [0.2, 0.25) is 0 Å². The number of thioether (sulfide) groups is 1. The summed E-state index contributed by atoms with van der Waals surface area (Å²) in [5.74, 6) is 0.775. The van der Waals surface area contributed by atoms with Crippen molar-refractivity contribution in [2.45, 2.75) is 25.9 Å². The molecule has 1 N–H and O–H groups in total. The zero-order chi connectivity index (χ0) is 22.7. The number of ether oxygens (including phenoxy) is 2. The Morgan fingerprint density at radius 3 is 2.66 bits per heavy atom. The molecule has 2 aliphatic rings. The lowest BCUT2D eigenvalue weighted by Gasteiger charge is -2.36. The summed E-state index contributed by atoms with van der Waals surface area (Å²) in [7, 11) is 2.95. The summed E-state index contributed by atoms with van der Waals surface area (Å²) in [6.45, 7) is 2.10. The minimum atomic E-state index is -0.472. The Hall–Kier alpha value is -3.46. The SMILES string of the molecule is COC(=O)C1=C(C)N=C2SC=C(CC(=O)NCc3ccco3)N2[C@@H]1c1ccc(OC)cc1. The monoisotopic (exact) mass is 453 g/mol. The second kappa shape index (κ2) is 9.35. The molecule has 2 aliphatic heterocycles. The van der Waals surface area contributed by atoms with Crippen LogP contribution in [0.1, 0.15) is 30.7 Å². The summed E-state index contributed by atoms with van der Waals surface area (Å²) in [4.78, 5) is 31.9. The number of aliphatic imine (C=N–C) groups is 1. The summed E-state index contributed by atoms with van der Waals surface area (Å²) < 4.78 is 15.6. The molecule has 0 spiro atoms. The molecule has 0 saturated heterocycles. The number of carbonyl (C=O) groups is 2. The van der Waals surface area contributed by atoms with Gasteiger partial charge in [0.1, 0.15) is 11.5 Å². The van der Waals surface area contributed by atoms with E-state index < -0.39 is 12.0 Å². The lowest BCUT2D eigenvalue weighted by atomic mass is 9.94. The zero-order valence-electron chi connectivity index (χ0n) is 18.0. The van der Waals surface area contributed by atoms with Crippen LogP contribution >= 0.6 is 11.8 Å². The van der Waals surface area contributed by atoms with E-state index in [1.54, 1.807) is 32.4 Å². The highest BCUT2D eigenvalue weighted by Gasteiger charge is 2.40. The van der Waals surface area contributed by atoms with E-state index in [9.17, 15) is 9.59 Å². The van der Waals surface area contributed by atoms with Gasteiger partial charge < -0.3 is 24.1 Å². The molecular weight excluding hydrogens is 430 g/mol. The second-order valence-electron chi connectivity index (χ2n) is 7.19. The van der Waals surface area contributed by atoms with E-state index in [4.69, 9.17) is 13.9 Å². The van der Waals surface area contributed by atoms with Gasteiger partial charge in [-0.15, -0.1) is 0 Å². The number of methoxy groups -OCH3 is 2. The van der Waals surface area contributed by atoms with Gasteiger partial charge in [-0.05, 0) is 42.2 Å². The normalized spacial score (nSPS) is 17.5. The van der Waals surface area contributed by atoms with Crippen LogP contribution in [0.25, 0.3) is 0 Å². The molecule has 1 aromatic carbocycles. The molecule has 1 atom stereocenters. The van der Waals surface area contributed by atoms with E-state index in [0.717, 1.165) is 11.3 Å². The predicted molar refractivity (Wildman–Crippen MR) is 121 cm³/mol. The number of allylic oxidation sites excluding steroid dienone is 1. The largest absolute Gasteiger partial charge is 0.497 e. The molecule has 8 nitrogen and oxygen atoms in total. The van der Waals surface area contributed by atoms with Crippen molar-refractivity contribution in [2.75, 3.05) is 14.2 Å². The van der Waals surface area contributed by atoms with E-state index >= 15 is 0 Å². The maximum atomic E-state index is 12.7. The van der Waals surface area contributed by atoms with Gasteiger partial charge in [0.25, 0.3) is 0 Å². The number of nitrogens with zero attached hydrogens (tertiary/aromatic N) is 2.